The fourth-order valence-electron chi connectivity index (χ4n) is 2.93. The summed E-state index contributed by atoms with van der Waals surface area (Å²) in [5.74, 6) is -0.894. The highest BCUT2D eigenvalue weighted by Gasteiger charge is 2.36. The van der Waals surface area contributed by atoms with Crippen LogP contribution in [-0.4, -0.2) is 33.5 Å². The molecule has 1 saturated heterocycles. The van der Waals surface area contributed by atoms with E-state index in [1.165, 1.54) is 0 Å². The van der Waals surface area contributed by atoms with Gasteiger partial charge in [0, 0.05) is 11.9 Å². The van der Waals surface area contributed by atoms with Crippen LogP contribution in [0.1, 0.15) is 22.4 Å². The number of benzene rings is 1. The van der Waals surface area contributed by atoms with Crippen LogP contribution in [0, 0.1) is 20.8 Å². The summed E-state index contributed by atoms with van der Waals surface area (Å²) in [6.45, 7) is 5.48. The quantitative estimate of drug-likeness (QED) is 0.817. The van der Waals surface area contributed by atoms with Crippen molar-refractivity contribution in [1.29, 1.82) is 0 Å². The number of pyridine rings is 1. The number of thioether (sulfide) groups is 1. The van der Waals surface area contributed by atoms with Gasteiger partial charge in [-0.1, -0.05) is 23.8 Å². The summed E-state index contributed by atoms with van der Waals surface area (Å²) in [4.78, 5) is 42.4. The number of amides is 3. The zero-order valence-corrected chi connectivity index (χ0v) is 16.1. The lowest BCUT2D eigenvalue weighted by Crippen LogP contribution is -2.36. The molecule has 1 aromatic carbocycles. The molecule has 0 aliphatic carbocycles. The summed E-state index contributed by atoms with van der Waals surface area (Å²) in [5, 5.41) is 2.35. The number of carbonyl (C=O) groups excluding carboxylic acids is 3. The minimum absolute atomic E-state index is 0.259. The molecule has 27 heavy (non-hydrogen) atoms. The number of nitrogens with one attached hydrogen (secondary N) is 1. The van der Waals surface area contributed by atoms with Gasteiger partial charge in [-0.05, 0) is 61.9 Å². The fraction of sp³-hybridized carbons (Fsp3) is 0.200. The molecule has 138 valence electrons. The maximum absolute atomic E-state index is 12.5. The van der Waals surface area contributed by atoms with Crippen LogP contribution in [0.15, 0.2) is 41.4 Å². The maximum atomic E-state index is 12.5. The van der Waals surface area contributed by atoms with Crippen LogP contribution in [0.25, 0.3) is 6.08 Å². The molecular weight excluding hydrogens is 362 g/mol. The Morgan fingerprint density at radius 1 is 1.19 bits per heavy atom. The monoisotopic (exact) mass is 381 g/mol. The van der Waals surface area contributed by atoms with E-state index in [1.54, 1.807) is 30.5 Å². The first-order chi connectivity index (χ1) is 12.8. The van der Waals surface area contributed by atoms with Gasteiger partial charge in [-0.15, -0.1) is 0 Å². The van der Waals surface area contributed by atoms with E-state index < -0.39 is 17.1 Å². The third-order valence-corrected chi connectivity index (χ3v) is 4.99. The van der Waals surface area contributed by atoms with Crippen LogP contribution in [-0.2, 0) is 9.59 Å². The maximum Gasteiger partial charge on any atom is 0.294 e. The van der Waals surface area contributed by atoms with Crippen molar-refractivity contribution in [3.05, 3.63) is 63.8 Å². The van der Waals surface area contributed by atoms with Crippen LogP contribution in [0.3, 0.4) is 0 Å². The normalized spacial score (nSPS) is 15.5. The van der Waals surface area contributed by atoms with Crippen molar-refractivity contribution in [2.75, 3.05) is 11.9 Å². The van der Waals surface area contributed by atoms with Crippen molar-refractivity contribution in [3.63, 3.8) is 0 Å². The van der Waals surface area contributed by atoms with E-state index in [1.807, 2.05) is 32.9 Å². The number of rotatable bonds is 4. The van der Waals surface area contributed by atoms with Gasteiger partial charge in [-0.3, -0.25) is 24.3 Å². The predicted molar refractivity (Wildman–Crippen MR) is 106 cm³/mol. The summed E-state index contributed by atoms with van der Waals surface area (Å²) in [7, 11) is 0. The molecule has 1 aliphatic heterocycles. The Morgan fingerprint density at radius 2 is 1.89 bits per heavy atom. The van der Waals surface area contributed by atoms with Crippen molar-refractivity contribution >= 4 is 40.6 Å². The number of nitrogens with zero attached hydrogens (tertiary/aromatic N) is 2. The van der Waals surface area contributed by atoms with Gasteiger partial charge in [-0.2, -0.15) is 0 Å². The van der Waals surface area contributed by atoms with Crippen molar-refractivity contribution in [2.24, 2.45) is 0 Å². The predicted octanol–water partition coefficient (Wildman–Crippen LogP) is 3.68. The standard InChI is InChI=1S/C20H19N3O3S/c1-12-8-13(2)18(14(3)9-12)22-17(24)11-23-19(25)16(27-20(23)26)10-15-6-4-5-7-21-15/h4-10H,11H2,1-3H3,(H,22,24)/b16-10-. The van der Waals surface area contributed by atoms with E-state index >= 15 is 0 Å². The molecule has 1 fully saturated rings. The Hall–Kier alpha value is -2.93. The SMILES string of the molecule is Cc1cc(C)c(NC(=O)CN2C(=O)S/C(=C\c3ccccn3)C2=O)c(C)c1. The van der Waals surface area contributed by atoms with E-state index in [0.29, 0.717) is 11.4 Å². The van der Waals surface area contributed by atoms with Gasteiger partial charge in [0.2, 0.25) is 5.91 Å². The second-order valence-corrected chi connectivity index (χ2v) is 7.34. The first-order valence-electron chi connectivity index (χ1n) is 8.39. The average molecular weight is 381 g/mol. The molecule has 0 atom stereocenters. The highest BCUT2D eigenvalue weighted by molar-refractivity contribution is 8.18. The highest BCUT2D eigenvalue weighted by Crippen LogP contribution is 2.32. The highest BCUT2D eigenvalue weighted by atomic mass is 32.2. The number of hydrogen-bond donors (Lipinski definition) is 1. The van der Waals surface area contributed by atoms with Crippen molar-refractivity contribution in [1.82, 2.24) is 9.88 Å². The Labute approximate surface area is 161 Å². The third kappa shape index (κ3) is 4.25. The van der Waals surface area contributed by atoms with Gasteiger partial charge >= 0.3 is 0 Å². The number of hydrogen-bond acceptors (Lipinski definition) is 5. The van der Waals surface area contributed by atoms with E-state index in [9.17, 15) is 14.4 Å². The molecule has 6 nitrogen and oxygen atoms in total. The number of imide groups is 1. The molecule has 1 aromatic heterocycles. The second-order valence-electron chi connectivity index (χ2n) is 6.34. The molecule has 0 unspecified atom stereocenters. The number of aromatic nitrogens is 1. The Bertz CT molecular complexity index is 931. The van der Waals surface area contributed by atoms with E-state index in [2.05, 4.69) is 10.3 Å². The van der Waals surface area contributed by atoms with Crippen molar-refractivity contribution in [2.45, 2.75) is 20.8 Å². The Morgan fingerprint density at radius 3 is 2.52 bits per heavy atom. The smallest absolute Gasteiger partial charge is 0.294 e. The second kappa shape index (κ2) is 7.75. The molecule has 2 heterocycles. The molecule has 0 radical (unpaired) electrons. The largest absolute Gasteiger partial charge is 0.324 e. The average Bonchev–Trinajstić information content (AvgIpc) is 2.86. The number of anilines is 1. The summed E-state index contributed by atoms with van der Waals surface area (Å²) in [6.07, 6.45) is 3.16. The van der Waals surface area contributed by atoms with Crippen LogP contribution in [0.4, 0.5) is 10.5 Å². The molecule has 2 aromatic rings. The molecule has 1 N–H and O–H groups in total. The lowest BCUT2D eigenvalue weighted by Gasteiger charge is -2.15. The first kappa shape index (κ1) is 18.8. The zero-order chi connectivity index (χ0) is 19.6. The molecule has 0 bridgehead atoms. The lowest BCUT2D eigenvalue weighted by molar-refractivity contribution is -0.127. The van der Waals surface area contributed by atoms with Crippen molar-refractivity contribution in [3.8, 4) is 0 Å². The topological polar surface area (TPSA) is 79.4 Å². The van der Waals surface area contributed by atoms with Gasteiger partial charge in [-0.25, -0.2) is 0 Å². The van der Waals surface area contributed by atoms with Crippen LogP contribution < -0.4 is 5.32 Å². The van der Waals surface area contributed by atoms with Gasteiger partial charge in [0.15, 0.2) is 0 Å². The molecule has 3 rings (SSSR count). The summed E-state index contributed by atoms with van der Waals surface area (Å²) in [6, 6.07) is 9.24. The molecule has 3 amide bonds. The Balaban J connectivity index is 1.72. The number of carbonyl (C=O) groups is 3. The summed E-state index contributed by atoms with van der Waals surface area (Å²) in [5.41, 5.74) is 4.27. The van der Waals surface area contributed by atoms with Gasteiger partial charge in [0.1, 0.15) is 6.54 Å². The summed E-state index contributed by atoms with van der Waals surface area (Å²) >= 11 is 0.812. The molecule has 7 heteroatoms. The molecule has 0 spiro atoms. The third-order valence-electron chi connectivity index (χ3n) is 4.08. The van der Waals surface area contributed by atoms with Gasteiger partial charge < -0.3 is 5.32 Å². The zero-order valence-electron chi connectivity index (χ0n) is 15.3. The molecule has 0 saturated carbocycles. The van der Waals surface area contributed by atoms with Gasteiger partial charge in [0.05, 0.1) is 10.6 Å². The first-order valence-corrected chi connectivity index (χ1v) is 9.21. The van der Waals surface area contributed by atoms with Crippen molar-refractivity contribution < 1.29 is 14.4 Å². The van der Waals surface area contributed by atoms with E-state index in [0.717, 1.165) is 33.4 Å². The lowest BCUT2D eigenvalue weighted by atomic mass is 10.1. The minimum Gasteiger partial charge on any atom is -0.324 e. The molecule has 1 aliphatic rings. The minimum atomic E-state index is -0.483. The number of aryl methyl sites for hydroxylation is 3. The van der Waals surface area contributed by atoms with Crippen LogP contribution >= 0.6 is 11.8 Å². The molecular formula is C20H19N3O3S. The van der Waals surface area contributed by atoms with E-state index in [4.69, 9.17) is 0 Å². The summed E-state index contributed by atoms with van der Waals surface area (Å²) < 4.78 is 0. The van der Waals surface area contributed by atoms with Crippen LogP contribution in [0.2, 0.25) is 0 Å². The van der Waals surface area contributed by atoms with Crippen LogP contribution in [0.5, 0.6) is 0 Å². The fourth-order valence-corrected chi connectivity index (χ4v) is 3.75. The Kier molecular flexibility index (Phi) is 5.41. The van der Waals surface area contributed by atoms with Gasteiger partial charge in [0.25, 0.3) is 11.1 Å². The van der Waals surface area contributed by atoms with E-state index in [-0.39, 0.29) is 11.4 Å².